The second-order valence-electron chi connectivity index (χ2n) is 10.5. The molecule has 0 aliphatic rings. The highest BCUT2D eigenvalue weighted by atomic mass is 16.4. The number of carboxylic acid groups (broad SMARTS) is 1. The molecule has 0 bridgehead atoms. The Bertz CT molecular complexity index is 518. The first-order valence-corrected chi connectivity index (χ1v) is 14.4. The van der Waals surface area contributed by atoms with Gasteiger partial charge in [0, 0.05) is 0 Å². The summed E-state index contributed by atoms with van der Waals surface area (Å²) in [6, 6.07) is 0. The van der Waals surface area contributed by atoms with E-state index >= 15 is 0 Å². The number of unbranched alkanes of at least 4 members (excludes halogenated alkanes) is 13. The lowest BCUT2D eigenvalue weighted by Crippen LogP contribution is -2.49. The molecule has 0 aromatic carbocycles. The van der Waals surface area contributed by atoms with Crippen LogP contribution in [0.3, 0.4) is 0 Å². The van der Waals surface area contributed by atoms with Gasteiger partial charge in [0.25, 0.3) is 0 Å². The predicted octanol–water partition coefficient (Wildman–Crippen LogP) is 3.63. The van der Waals surface area contributed by atoms with E-state index in [4.69, 9.17) is 0 Å². The van der Waals surface area contributed by atoms with Crippen molar-refractivity contribution in [3.05, 3.63) is 0 Å². The highest BCUT2D eigenvalue weighted by molar-refractivity contribution is 5.71. The van der Waals surface area contributed by atoms with Crippen LogP contribution in [-0.2, 0) is 4.79 Å². The third-order valence-electron chi connectivity index (χ3n) is 7.63. The highest BCUT2D eigenvalue weighted by Gasteiger charge is 2.43. The van der Waals surface area contributed by atoms with Crippen LogP contribution in [0.4, 0.5) is 0 Å². The maximum atomic E-state index is 12.0. The van der Waals surface area contributed by atoms with Crippen molar-refractivity contribution in [2.45, 2.75) is 141 Å². The second-order valence-corrected chi connectivity index (χ2v) is 10.5. The standard InChI is InChI=1S/C28H56O8/c1-3-5-6-7-8-9-10-11-12-13-14-15-16-17-18-22(26(33)23(31)19-29)21(4-2)25(28(35)36)27(34)24(32)20-30/h21-27,29-34H,3-20H2,1-2H3,(H,35,36). The summed E-state index contributed by atoms with van der Waals surface area (Å²) in [5.41, 5.74) is 0. The predicted molar refractivity (Wildman–Crippen MR) is 142 cm³/mol. The zero-order valence-electron chi connectivity index (χ0n) is 22.8. The molecule has 0 fully saturated rings. The first-order valence-electron chi connectivity index (χ1n) is 14.4. The van der Waals surface area contributed by atoms with Crippen LogP contribution in [0.2, 0.25) is 0 Å². The van der Waals surface area contributed by atoms with Crippen LogP contribution < -0.4 is 0 Å². The van der Waals surface area contributed by atoms with Gasteiger partial charge in [-0.15, -0.1) is 0 Å². The van der Waals surface area contributed by atoms with E-state index in [1.807, 2.05) is 0 Å². The number of aliphatic hydroxyl groups excluding tert-OH is 6. The number of hydrogen-bond donors (Lipinski definition) is 7. The Kier molecular flexibility index (Phi) is 21.8. The fraction of sp³-hybridized carbons (Fsp3) is 0.964. The molecule has 7 unspecified atom stereocenters. The molecule has 8 nitrogen and oxygen atoms in total. The Balaban J connectivity index is 4.64. The Morgan fingerprint density at radius 2 is 0.972 bits per heavy atom. The van der Waals surface area contributed by atoms with Crippen molar-refractivity contribution in [1.82, 2.24) is 0 Å². The van der Waals surface area contributed by atoms with E-state index < -0.39 is 61.4 Å². The topological polar surface area (TPSA) is 159 Å². The van der Waals surface area contributed by atoms with E-state index in [2.05, 4.69) is 6.92 Å². The lowest BCUT2D eigenvalue weighted by atomic mass is 9.71. The highest BCUT2D eigenvalue weighted by Crippen LogP contribution is 2.35. The Hall–Kier alpha value is -0.770. The summed E-state index contributed by atoms with van der Waals surface area (Å²) in [7, 11) is 0. The summed E-state index contributed by atoms with van der Waals surface area (Å²) < 4.78 is 0. The van der Waals surface area contributed by atoms with E-state index in [9.17, 15) is 40.5 Å². The quantitative estimate of drug-likeness (QED) is 0.0899. The van der Waals surface area contributed by atoms with E-state index in [0.717, 1.165) is 25.7 Å². The maximum absolute atomic E-state index is 12.0. The van der Waals surface area contributed by atoms with Gasteiger partial charge in [-0.1, -0.05) is 110 Å². The van der Waals surface area contributed by atoms with E-state index in [-0.39, 0.29) is 6.42 Å². The van der Waals surface area contributed by atoms with Crippen molar-refractivity contribution in [2.24, 2.45) is 17.8 Å². The molecular weight excluding hydrogens is 464 g/mol. The van der Waals surface area contributed by atoms with Gasteiger partial charge in [0.15, 0.2) is 0 Å². The molecule has 36 heavy (non-hydrogen) atoms. The minimum atomic E-state index is -1.71. The SMILES string of the molecule is CCCCCCCCCCCCCCCCC(C(O)C(O)CO)C(CC)C(C(=O)O)C(O)C(O)CO. The summed E-state index contributed by atoms with van der Waals surface area (Å²) >= 11 is 0. The third-order valence-corrected chi connectivity index (χ3v) is 7.63. The molecule has 0 aliphatic heterocycles. The molecule has 0 saturated carbocycles. The first kappa shape index (κ1) is 35.2. The molecule has 0 rings (SSSR count). The second kappa shape index (κ2) is 22.2. The van der Waals surface area contributed by atoms with Crippen molar-refractivity contribution < 1.29 is 40.5 Å². The first-order chi connectivity index (χ1) is 17.3. The number of aliphatic hydroxyl groups is 6. The molecule has 0 amide bonds. The molecule has 7 N–H and O–H groups in total. The molecule has 0 saturated heterocycles. The monoisotopic (exact) mass is 520 g/mol. The molecule has 0 spiro atoms. The van der Waals surface area contributed by atoms with Crippen molar-refractivity contribution in [3.8, 4) is 0 Å². The molecule has 0 radical (unpaired) electrons. The van der Waals surface area contributed by atoms with E-state index in [1.165, 1.54) is 64.2 Å². The van der Waals surface area contributed by atoms with Gasteiger partial charge in [0.05, 0.1) is 31.3 Å². The van der Waals surface area contributed by atoms with Gasteiger partial charge in [0.1, 0.15) is 12.2 Å². The number of carboxylic acids is 1. The van der Waals surface area contributed by atoms with Gasteiger partial charge >= 0.3 is 5.97 Å². The molecule has 216 valence electrons. The summed E-state index contributed by atoms with van der Waals surface area (Å²) in [5, 5.41) is 69.3. The summed E-state index contributed by atoms with van der Waals surface area (Å²) in [6.45, 7) is 2.52. The minimum absolute atomic E-state index is 0.282. The zero-order chi connectivity index (χ0) is 27.3. The minimum Gasteiger partial charge on any atom is -0.481 e. The summed E-state index contributed by atoms with van der Waals surface area (Å²) in [4.78, 5) is 12.0. The average Bonchev–Trinajstić information content (AvgIpc) is 2.87. The van der Waals surface area contributed by atoms with Crippen molar-refractivity contribution in [1.29, 1.82) is 0 Å². The number of aliphatic carboxylic acids is 1. The van der Waals surface area contributed by atoms with Gasteiger partial charge < -0.3 is 35.7 Å². The zero-order valence-corrected chi connectivity index (χ0v) is 22.8. The van der Waals surface area contributed by atoms with Crippen LogP contribution in [0.15, 0.2) is 0 Å². The lowest BCUT2D eigenvalue weighted by Gasteiger charge is -2.38. The van der Waals surface area contributed by atoms with E-state index in [1.54, 1.807) is 6.92 Å². The van der Waals surface area contributed by atoms with Crippen molar-refractivity contribution in [3.63, 3.8) is 0 Å². The van der Waals surface area contributed by atoms with Gasteiger partial charge in [-0.05, 0) is 18.3 Å². The van der Waals surface area contributed by atoms with Crippen molar-refractivity contribution in [2.75, 3.05) is 13.2 Å². The third kappa shape index (κ3) is 14.2. The van der Waals surface area contributed by atoms with Gasteiger partial charge in [-0.2, -0.15) is 0 Å². The molecule has 0 heterocycles. The maximum Gasteiger partial charge on any atom is 0.309 e. The van der Waals surface area contributed by atoms with E-state index in [0.29, 0.717) is 6.42 Å². The normalized spacial score (nSPS) is 17.8. The van der Waals surface area contributed by atoms with Gasteiger partial charge in [-0.3, -0.25) is 4.79 Å². The fourth-order valence-corrected chi connectivity index (χ4v) is 5.36. The Morgan fingerprint density at radius 3 is 1.33 bits per heavy atom. The summed E-state index contributed by atoms with van der Waals surface area (Å²) in [6.07, 6.45) is 11.4. The van der Waals surface area contributed by atoms with Gasteiger partial charge in [-0.25, -0.2) is 0 Å². The lowest BCUT2D eigenvalue weighted by molar-refractivity contribution is -0.159. The molecule has 8 heteroatoms. The number of hydrogen-bond acceptors (Lipinski definition) is 7. The van der Waals surface area contributed by atoms with Crippen LogP contribution in [0.5, 0.6) is 0 Å². The molecule has 0 aromatic rings. The average molecular weight is 521 g/mol. The fourth-order valence-electron chi connectivity index (χ4n) is 5.36. The Labute approximate surface area is 218 Å². The van der Waals surface area contributed by atoms with Crippen LogP contribution >= 0.6 is 0 Å². The van der Waals surface area contributed by atoms with Crippen LogP contribution in [0, 0.1) is 17.8 Å². The van der Waals surface area contributed by atoms with Crippen LogP contribution in [-0.4, -0.2) is 79.3 Å². The summed E-state index contributed by atoms with van der Waals surface area (Å²) in [5.74, 6) is -4.19. The number of rotatable bonds is 25. The Morgan fingerprint density at radius 1 is 0.583 bits per heavy atom. The molecule has 7 atom stereocenters. The number of carbonyl (C=O) groups is 1. The van der Waals surface area contributed by atoms with Crippen LogP contribution in [0.25, 0.3) is 0 Å². The smallest absolute Gasteiger partial charge is 0.309 e. The molecular formula is C28H56O8. The van der Waals surface area contributed by atoms with Gasteiger partial charge in [0.2, 0.25) is 0 Å². The largest absolute Gasteiger partial charge is 0.481 e. The molecule has 0 aromatic heterocycles. The van der Waals surface area contributed by atoms with Crippen LogP contribution in [0.1, 0.15) is 117 Å². The van der Waals surface area contributed by atoms with Crippen molar-refractivity contribution >= 4 is 5.97 Å². The molecule has 0 aliphatic carbocycles.